The molecule has 0 N–H and O–H groups in total. The molecule has 0 saturated carbocycles. The van der Waals surface area contributed by atoms with Gasteiger partial charge in [0.15, 0.2) is 0 Å². The molecule has 424 valence electrons. The second-order valence-corrected chi connectivity index (χ2v) is 29.0. The Morgan fingerprint density at radius 1 is 0.250 bits per heavy atom. The van der Waals surface area contributed by atoms with Crippen molar-refractivity contribution in [1.82, 2.24) is 9.13 Å². The molecule has 4 heteroatoms. The number of thiophene rings is 2. The van der Waals surface area contributed by atoms with Crippen LogP contribution in [0.5, 0.6) is 0 Å². The summed E-state index contributed by atoms with van der Waals surface area (Å²) in [5.41, 5.74) is 23.5. The van der Waals surface area contributed by atoms with Crippen LogP contribution in [0, 0.1) is 0 Å². The highest BCUT2D eigenvalue weighted by molar-refractivity contribution is 7.26. The smallest absolute Gasteiger partial charge is 0.0541 e. The van der Waals surface area contributed by atoms with Crippen LogP contribution in [0.25, 0.3) is 140 Å². The summed E-state index contributed by atoms with van der Waals surface area (Å²) in [5.74, 6) is 0. The van der Waals surface area contributed by atoms with Crippen LogP contribution >= 0.6 is 22.7 Å². The first-order valence-corrected chi connectivity index (χ1v) is 32.7. The minimum Gasteiger partial charge on any atom is -0.309 e. The van der Waals surface area contributed by atoms with E-state index in [4.69, 9.17) is 0 Å². The van der Waals surface area contributed by atoms with Gasteiger partial charge in [-0.3, -0.25) is 0 Å². The number of hydrogen-bond donors (Lipinski definition) is 0. The van der Waals surface area contributed by atoms with Crippen molar-refractivity contribution in [3.63, 3.8) is 0 Å². The van der Waals surface area contributed by atoms with Crippen LogP contribution in [0.4, 0.5) is 0 Å². The topological polar surface area (TPSA) is 9.86 Å². The van der Waals surface area contributed by atoms with Gasteiger partial charge in [-0.25, -0.2) is 0 Å². The summed E-state index contributed by atoms with van der Waals surface area (Å²) in [4.78, 5) is 0. The summed E-state index contributed by atoms with van der Waals surface area (Å²) in [6.07, 6.45) is 0. The summed E-state index contributed by atoms with van der Waals surface area (Å²) >= 11 is 3.83. The molecule has 0 saturated heterocycles. The first-order chi connectivity index (χ1) is 42.7. The van der Waals surface area contributed by atoms with Gasteiger partial charge < -0.3 is 9.13 Å². The molecule has 88 heavy (non-hydrogen) atoms. The van der Waals surface area contributed by atoms with E-state index in [0.717, 1.165) is 0 Å². The van der Waals surface area contributed by atoms with E-state index in [2.05, 4.69) is 319 Å². The van der Waals surface area contributed by atoms with Crippen molar-refractivity contribution in [3.05, 3.63) is 277 Å². The summed E-state index contributed by atoms with van der Waals surface area (Å²) in [5, 5.41) is 10.7. The first-order valence-electron chi connectivity index (χ1n) is 31.1. The molecule has 0 aliphatic heterocycles. The van der Waals surface area contributed by atoms with E-state index in [9.17, 15) is 0 Å². The maximum Gasteiger partial charge on any atom is 0.0541 e. The van der Waals surface area contributed by atoms with Crippen molar-refractivity contribution in [3.8, 4) is 55.9 Å². The number of hydrogen-bond acceptors (Lipinski definition) is 2. The van der Waals surface area contributed by atoms with Gasteiger partial charge in [-0.15, -0.1) is 22.7 Å². The fraction of sp³-hybridized carbons (Fsp3) is 0.143. The predicted molar refractivity (Wildman–Crippen MR) is 381 cm³/mol. The Labute approximate surface area is 522 Å². The molecule has 4 aromatic heterocycles. The molecule has 12 aromatic carbocycles. The number of para-hydroxylation sites is 4. The quantitative estimate of drug-likeness (QED) is 0.166. The van der Waals surface area contributed by atoms with Gasteiger partial charge in [0.25, 0.3) is 0 Å². The molecule has 2 aliphatic rings. The number of rotatable bonds is 4. The third kappa shape index (κ3) is 7.52. The molecule has 16 aromatic rings. The van der Waals surface area contributed by atoms with Crippen molar-refractivity contribution < 1.29 is 0 Å². The van der Waals surface area contributed by atoms with Crippen molar-refractivity contribution >= 4 is 107 Å². The van der Waals surface area contributed by atoms with Crippen molar-refractivity contribution in [2.45, 2.75) is 77.0 Å². The van der Waals surface area contributed by atoms with E-state index in [1.807, 2.05) is 22.7 Å². The average Bonchev–Trinajstić information content (AvgIpc) is 0.872. The molecule has 4 heterocycles. The van der Waals surface area contributed by atoms with E-state index in [1.54, 1.807) is 0 Å². The molecule has 0 amide bonds. The predicted octanol–water partition coefficient (Wildman–Crippen LogP) is 24.1. The fourth-order valence-corrected chi connectivity index (χ4v) is 17.7. The third-order valence-electron chi connectivity index (χ3n) is 21.5. The Kier molecular flexibility index (Phi) is 11.5. The van der Waals surface area contributed by atoms with Gasteiger partial charge in [0, 0.05) is 78.7 Å². The minimum absolute atomic E-state index is 0.0291. The summed E-state index contributed by atoms with van der Waals surface area (Å²) in [7, 11) is 0. The van der Waals surface area contributed by atoms with Crippen LogP contribution in [-0.2, 0) is 21.7 Å². The van der Waals surface area contributed by atoms with Gasteiger partial charge in [-0.05, 0) is 174 Å². The first kappa shape index (κ1) is 53.0. The molecule has 18 rings (SSSR count). The van der Waals surface area contributed by atoms with Gasteiger partial charge in [-0.2, -0.15) is 0 Å². The average molecular weight is 1170 g/mol. The molecular formula is C84H66N2S2. The van der Waals surface area contributed by atoms with Crippen LogP contribution in [0.1, 0.15) is 77.6 Å². The Morgan fingerprint density at radius 3 is 1.10 bits per heavy atom. The van der Waals surface area contributed by atoms with Crippen molar-refractivity contribution in [2.75, 3.05) is 0 Å². The second kappa shape index (κ2) is 19.1. The van der Waals surface area contributed by atoms with E-state index in [0.29, 0.717) is 0 Å². The highest BCUT2D eigenvalue weighted by atomic mass is 32.1. The Hall–Kier alpha value is -9.32. The fourth-order valence-electron chi connectivity index (χ4n) is 15.5. The Bertz CT molecular complexity index is 5250. The van der Waals surface area contributed by atoms with Gasteiger partial charge >= 0.3 is 0 Å². The Balaban J connectivity index is 0.000000137. The minimum atomic E-state index is -0.0639. The molecule has 2 aliphatic carbocycles. The zero-order valence-electron chi connectivity index (χ0n) is 51.0. The number of benzene rings is 12. The maximum atomic E-state index is 2.49. The molecule has 0 spiro atoms. The molecule has 0 fully saturated rings. The van der Waals surface area contributed by atoms with Gasteiger partial charge in [0.1, 0.15) is 0 Å². The van der Waals surface area contributed by atoms with Crippen LogP contribution in [0.2, 0.25) is 0 Å². The van der Waals surface area contributed by atoms with Crippen molar-refractivity contribution in [2.24, 2.45) is 0 Å². The van der Waals surface area contributed by atoms with E-state index < -0.39 is 0 Å². The zero-order chi connectivity index (χ0) is 59.6. The zero-order valence-corrected chi connectivity index (χ0v) is 52.6. The normalized spacial score (nSPS) is 15.2. The third-order valence-corrected chi connectivity index (χ3v) is 23.8. The van der Waals surface area contributed by atoms with Gasteiger partial charge in [0.05, 0.1) is 22.1 Å². The van der Waals surface area contributed by atoms with E-state index in [1.165, 1.54) is 162 Å². The highest BCUT2D eigenvalue weighted by Gasteiger charge is 2.48. The van der Waals surface area contributed by atoms with E-state index in [-0.39, 0.29) is 21.7 Å². The second-order valence-electron chi connectivity index (χ2n) is 26.8. The van der Waals surface area contributed by atoms with Crippen LogP contribution in [0.15, 0.2) is 255 Å². The number of nitrogens with zero attached hydrogens (tertiary/aromatic N) is 2. The summed E-state index contributed by atoms with van der Waals surface area (Å²) in [6.45, 7) is 19.5. The number of aromatic nitrogens is 2. The van der Waals surface area contributed by atoms with Crippen LogP contribution in [-0.4, -0.2) is 9.13 Å². The van der Waals surface area contributed by atoms with Crippen LogP contribution in [0.3, 0.4) is 0 Å². The SMILES string of the molecule is CC1(C)c2cc(-c3ccc(-n4c5ccccc5c5ccccc54)cc3)ccc2-c2cc3c(cc2C1(C)C)sc1ccccc13.CC1(C)c2cc(-c3ccc(-n4c5ccccc5c5ccccc54)cc3)ccc2-c2ccc3sc4ccccc4c3c2C1(C)C. The largest absolute Gasteiger partial charge is 0.309 e. The lowest BCUT2D eigenvalue weighted by Gasteiger charge is -2.49. The van der Waals surface area contributed by atoms with Gasteiger partial charge in [0.2, 0.25) is 0 Å². The highest BCUT2D eigenvalue weighted by Crippen LogP contribution is 2.59. The monoisotopic (exact) mass is 1170 g/mol. The van der Waals surface area contributed by atoms with Crippen molar-refractivity contribution in [1.29, 1.82) is 0 Å². The van der Waals surface area contributed by atoms with Gasteiger partial charge in [-0.1, -0.05) is 219 Å². The lowest BCUT2D eigenvalue weighted by Crippen LogP contribution is -2.43. The molecule has 0 atom stereocenters. The number of fused-ring (bicyclic) bond motifs is 19. The molecular weight excluding hydrogens is 1100 g/mol. The maximum absolute atomic E-state index is 2.49. The Morgan fingerprint density at radius 2 is 0.614 bits per heavy atom. The molecule has 0 bridgehead atoms. The lowest BCUT2D eigenvalue weighted by molar-refractivity contribution is 0.299. The van der Waals surface area contributed by atoms with Crippen LogP contribution < -0.4 is 0 Å². The summed E-state index contributed by atoms with van der Waals surface area (Å²) in [6, 6.07) is 94.8. The molecule has 2 nitrogen and oxygen atoms in total. The van der Waals surface area contributed by atoms with E-state index >= 15 is 0 Å². The molecule has 0 radical (unpaired) electrons. The molecule has 0 unspecified atom stereocenters. The standard InChI is InChI=1S/2C42H33NS/c1-41(2)35-23-27(26-17-20-28(21-18-26)43-37-14-8-5-11-30(37)31-12-6-9-15-38(31)43)19-22-29(35)33-24-34-32-13-7-10-16-39(32)44-40(34)25-36(33)42(41,3)4;1-41(2)34-25-27(26-17-20-28(21-18-26)43-35-14-8-5-11-30(35)31-12-6-9-15-36(31)43)19-22-29(34)32-23-24-38-39(40(32)42(41,3)4)33-13-7-10-16-37(33)44-38/h2*5-25H,1-4H3. The summed E-state index contributed by atoms with van der Waals surface area (Å²) < 4.78 is 10.3. The lowest BCUT2D eigenvalue weighted by atomic mass is 9.54.